The molecule has 0 fully saturated rings. The summed E-state index contributed by atoms with van der Waals surface area (Å²) >= 11 is 0. The van der Waals surface area contributed by atoms with Crippen LogP contribution in [-0.2, 0) is 6.42 Å². The molecule has 4 nitrogen and oxygen atoms in total. The zero-order valence-electron chi connectivity index (χ0n) is 10.6. The van der Waals surface area contributed by atoms with Crippen molar-refractivity contribution in [3.8, 4) is 5.75 Å². The van der Waals surface area contributed by atoms with Gasteiger partial charge < -0.3 is 9.84 Å². The highest BCUT2D eigenvalue weighted by Crippen LogP contribution is 2.20. The maximum absolute atomic E-state index is 10.7. The second-order valence-corrected chi connectivity index (χ2v) is 4.11. The number of hydrogen-bond acceptors (Lipinski definition) is 2. The monoisotopic (exact) mass is 257 g/mol. The molecule has 0 aliphatic rings. The van der Waals surface area contributed by atoms with Gasteiger partial charge >= 0.3 is 6.09 Å². The Morgan fingerprint density at radius 1 is 1.16 bits per heavy atom. The number of hydrogen-bond donors (Lipinski definition) is 2. The van der Waals surface area contributed by atoms with Gasteiger partial charge in [0, 0.05) is 5.69 Å². The van der Waals surface area contributed by atoms with Crippen LogP contribution < -0.4 is 10.1 Å². The van der Waals surface area contributed by atoms with Gasteiger partial charge in [0.2, 0.25) is 0 Å². The van der Waals surface area contributed by atoms with Crippen LogP contribution in [0.3, 0.4) is 0 Å². The highest BCUT2D eigenvalue weighted by Gasteiger charge is 2.05. The number of amides is 1. The Hall–Kier alpha value is -2.49. The van der Waals surface area contributed by atoms with Crippen molar-refractivity contribution in [3.63, 3.8) is 0 Å². The Morgan fingerprint density at radius 3 is 2.47 bits per heavy atom. The molecular weight excluding hydrogens is 242 g/mol. The molecular formula is C15H15NO3. The first-order chi connectivity index (χ1) is 9.19. The molecule has 2 rings (SSSR count). The average Bonchev–Trinajstić information content (AvgIpc) is 2.41. The van der Waals surface area contributed by atoms with E-state index in [1.807, 2.05) is 42.5 Å². The van der Waals surface area contributed by atoms with Gasteiger partial charge in [-0.1, -0.05) is 30.3 Å². The SMILES string of the molecule is COc1ccc(Cc2ccccc2NC(=O)O)cc1. The van der Waals surface area contributed by atoms with Gasteiger partial charge in [0.1, 0.15) is 5.75 Å². The number of methoxy groups -OCH3 is 1. The number of para-hydroxylation sites is 1. The molecule has 2 N–H and O–H groups in total. The van der Waals surface area contributed by atoms with Gasteiger partial charge in [-0.25, -0.2) is 4.79 Å². The van der Waals surface area contributed by atoms with Crippen LogP contribution >= 0.6 is 0 Å². The van der Waals surface area contributed by atoms with Crippen molar-refractivity contribution in [1.82, 2.24) is 0 Å². The number of carboxylic acid groups (broad SMARTS) is 1. The maximum Gasteiger partial charge on any atom is 0.409 e. The lowest BCUT2D eigenvalue weighted by atomic mass is 10.0. The van der Waals surface area contributed by atoms with Crippen molar-refractivity contribution in [1.29, 1.82) is 0 Å². The summed E-state index contributed by atoms with van der Waals surface area (Å²) in [5.41, 5.74) is 2.65. The standard InChI is InChI=1S/C15H15NO3/c1-19-13-8-6-11(7-9-13)10-12-4-2-3-5-14(12)16-15(17)18/h2-9,16H,10H2,1H3,(H,17,18). The molecule has 0 radical (unpaired) electrons. The highest BCUT2D eigenvalue weighted by atomic mass is 16.5. The molecule has 4 heteroatoms. The van der Waals surface area contributed by atoms with Crippen molar-refractivity contribution in [3.05, 3.63) is 59.7 Å². The summed E-state index contributed by atoms with van der Waals surface area (Å²) in [6.07, 6.45) is -0.386. The Balaban J connectivity index is 2.19. The summed E-state index contributed by atoms with van der Waals surface area (Å²) in [7, 11) is 1.63. The van der Waals surface area contributed by atoms with Gasteiger partial charge in [-0.3, -0.25) is 5.32 Å². The zero-order chi connectivity index (χ0) is 13.7. The molecule has 0 aromatic heterocycles. The molecule has 2 aromatic rings. The van der Waals surface area contributed by atoms with E-state index in [4.69, 9.17) is 9.84 Å². The summed E-state index contributed by atoms with van der Waals surface area (Å²) in [6, 6.07) is 15.1. The van der Waals surface area contributed by atoms with Crippen molar-refractivity contribution < 1.29 is 14.6 Å². The first kappa shape index (κ1) is 13.0. The predicted molar refractivity (Wildman–Crippen MR) is 73.9 cm³/mol. The van der Waals surface area contributed by atoms with E-state index in [0.717, 1.165) is 16.9 Å². The van der Waals surface area contributed by atoms with Crippen LogP contribution in [0, 0.1) is 0 Å². The van der Waals surface area contributed by atoms with E-state index in [1.165, 1.54) is 0 Å². The molecule has 0 unspecified atom stereocenters. The van der Waals surface area contributed by atoms with Crippen LogP contribution in [-0.4, -0.2) is 18.3 Å². The van der Waals surface area contributed by atoms with Crippen molar-refractivity contribution in [2.24, 2.45) is 0 Å². The fraction of sp³-hybridized carbons (Fsp3) is 0.133. The largest absolute Gasteiger partial charge is 0.497 e. The minimum atomic E-state index is -1.05. The van der Waals surface area contributed by atoms with E-state index in [0.29, 0.717) is 12.1 Å². The zero-order valence-corrected chi connectivity index (χ0v) is 10.6. The van der Waals surface area contributed by atoms with E-state index in [2.05, 4.69) is 5.32 Å². The van der Waals surface area contributed by atoms with Crippen LogP contribution in [0.25, 0.3) is 0 Å². The summed E-state index contributed by atoms with van der Waals surface area (Å²) in [4.78, 5) is 10.7. The normalized spacial score (nSPS) is 9.95. The summed E-state index contributed by atoms with van der Waals surface area (Å²) in [5, 5.41) is 11.2. The number of anilines is 1. The summed E-state index contributed by atoms with van der Waals surface area (Å²) in [5.74, 6) is 0.806. The average molecular weight is 257 g/mol. The van der Waals surface area contributed by atoms with E-state index in [9.17, 15) is 4.79 Å². The molecule has 0 bridgehead atoms. The number of rotatable bonds is 4. The van der Waals surface area contributed by atoms with Crippen molar-refractivity contribution in [2.45, 2.75) is 6.42 Å². The molecule has 0 heterocycles. The second-order valence-electron chi connectivity index (χ2n) is 4.11. The van der Waals surface area contributed by atoms with E-state index in [-0.39, 0.29) is 0 Å². The minimum absolute atomic E-state index is 0.616. The van der Waals surface area contributed by atoms with E-state index >= 15 is 0 Å². The van der Waals surface area contributed by atoms with Crippen LogP contribution in [0.2, 0.25) is 0 Å². The molecule has 0 spiro atoms. The third-order valence-corrected chi connectivity index (χ3v) is 2.81. The van der Waals surface area contributed by atoms with Gasteiger partial charge in [0.25, 0.3) is 0 Å². The van der Waals surface area contributed by atoms with Crippen LogP contribution in [0.1, 0.15) is 11.1 Å². The topological polar surface area (TPSA) is 58.6 Å². The van der Waals surface area contributed by atoms with Crippen molar-refractivity contribution in [2.75, 3.05) is 12.4 Å². The fourth-order valence-electron chi connectivity index (χ4n) is 1.87. The van der Waals surface area contributed by atoms with Gasteiger partial charge in [0.15, 0.2) is 0 Å². The van der Waals surface area contributed by atoms with Crippen LogP contribution in [0.4, 0.5) is 10.5 Å². The molecule has 0 saturated heterocycles. The first-order valence-electron chi connectivity index (χ1n) is 5.90. The maximum atomic E-state index is 10.7. The molecule has 0 saturated carbocycles. The molecule has 19 heavy (non-hydrogen) atoms. The lowest BCUT2D eigenvalue weighted by Crippen LogP contribution is -2.09. The lowest BCUT2D eigenvalue weighted by Gasteiger charge is -2.09. The van der Waals surface area contributed by atoms with E-state index in [1.54, 1.807) is 13.2 Å². The van der Waals surface area contributed by atoms with Crippen molar-refractivity contribution >= 4 is 11.8 Å². The first-order valence-corrected chi connectivity index (χ1v) is 5.90. The second kappa shape index (κ2) is 5.91. The Bertz CT molecular complexity index is 564. The van der Waals surface area contributed by atoms with Crippen LogP contribution in [0.5, 0.6) is 5.75 Å². The van der Waals surface area contributed by atoms with E-state index < -0.39 is 6.09 Å². The van der Waals surface area contributed by atoms with Crippen LogP contribution in [0.15, 0.2) is 48.5 Å². The Kier molecular flexibility index (Phi) is 4.03. The lowest BCUT2D eigenvalue weighted by molar-refractivity contribution is 0.209. The van der Waals surface area contributed by atoms with Gasteiger partial charge in [-0.15, -0.1) is 0 Å². The summed E-state index contributed by atoms with van der Waals surface area (Å²) < 4.78 is 5.11. The third-order valence-electron chi connectivity index (χ3n) is 2.81. The number of benzene rings is 2. The van der Waals surface area contributed by atoms with Gasteiger partial charge in [-0.2, -0.15) is 0 Å². The Morgan fingerprint density at radius 2 is 1.84 bits per heavy atom. The number of nitrogens with one attached hydrogen (secondary N) is 1. The van der Waals surface area contributed by atoms with Gasteiger partial charge in [0.05, 0.1) is 7.11 Å². The molecule has 0 aliphatic heterocycles. The smallest absolute Gasteiger partial charge is 0.409 e. The molecule has 0 aliphatic carbocycles. The quantitative estimate of drug-likeness (QED) is 0.882. The minimum Gasteiger partial charge on any atom is -0.497 e. The fourth-order valence-corrected chi connectivity index (χ4v) is 1.87. The Labute approximate surface area is 111 Å². The number of carbonyl (C=O) groups is 1. The van der Waals surface area contributed by atoms with Gasteiger partial charge in [-0.05, 0) is 35.7 Å². The molecule has 98 valence electrons. The number of ether oxygens (including phenoxy) is 1. The predicted octanol–water partition coefficient (Wildman–Crippen LogP) is 3.38. The molecule has 1 amide bonds. The highest BCUT2D eigenvalue weighted by molar-refractivity contribution is 5.84. The molecule has 2 aromatic carbocycles. The third kappa shape index (κ3) is 3.48. The summed E-state index contributed by atoms with van der Waals surface area (Å²) in [6.45, 7) is 0. The molecule has 0 atom stereocenters.